The number of hydrogen-bond acceptors (Lipinski definition) is 4. The number of aromatic nitrogens is 2. The summed E-state index contributed by atoms with van der Waals surface area (Å²) >= 11 is 0. The Morgan fingerprint density at radius 1 is 1.00 bits per heavy atom. The normalized spacial score (nSPS) is 10.5. The molecule has 1 aromatic heterocycles. The van der Waals surface area contributed by atoms with Crippen molar-refractivity contribution in [2.75, 3.05) is 5.32 Å². The number of rotatable bonds is 3. The van der Waals surface area contributed by atoms with Crippen LogP contribution in [0.15, 0.2) is 54.7 Å². The van der Waals surface area contributed by atoms with Crippen LogP contribution in [-0.4, -0.2) is 15.3 Å². The number of hydrogen-bond donors (Lipinski definition) is 2. The van der Waals surface area contributed by atoms with Gasteiger partial charge in [-0.15, -0.1) is 0 Å². The summed E-state index contributed by atoms with van der Waals surface area (Å²) < 4.78 is 0. The van der Waals surface area contributed by atoms with Gasteiger partial charge in [0.1, 0.15) is 5.75 Å². The number of phenolic OH excluding ortho intramolecular Hbond substituents is 1. The van der Waals surface area contributed by atoms with Gasteiger partial charge in [0, 0.05) is 17.5 Å². The molecule has 0 saturated heterocycles. The molecule has 4 heteroatoms. The molecular weight excluding hydrogens is 238 g/mol. The van der Waals surface area contributed by atoms with E-state index in [4.69, 9.17) is 0 Å². The van der Waals surface area contributed by atoms with Gasteiger partial charge < -0.3 is 10.4 Å². The van der Waals surface area contributed by atoms with E-state index >= 15 is 0 Å². The van der Waals surface area contributed by atoms with Crippen molar-refractivity contribution in [3.8, 4) is 5.75 Å². The summed E-state index contributed by atoms with van der Waals surface area (Å²) in [6.07, 6.45) is 1.70. The summed E-state index contributed by atoms with van der Waals surface area (Å²) in [6, 6.07) is 15.1. The van der Waals surface area contributed by atoms with Crippen LogP contribution >= 0.6 is 0 Å². The SMILES string of the molecule is Oc1ccccc1CNc1cnnc2ccccc12. The zero-order valence-electron chi connectivity index (χ0n) is 10.2. The highest BCUT2D eigenvalue weighted by Gasteiger charge is 2.03. The molecule has 0 unspecified atom stereocenters. The maximum absolute atomic E-state index is 9.73. The second kappa shape index (κ2) is 4.94. The van der Waals surface area contributed by atoms with Crippen molar-refractivity contribution in [2.45, 2.75) is 6.54 Å². The van der Waals surface area contributed by atoms with Gasteiger partial charge in [0.25, 0.3) is 0 Å². The first-order chi connectivity index (χ1) is 9.34. The van der Waals surface area contributed by atoms with Gasteiger partial charge in [-0.3, -0.25) is 0 Å². The van der Waals surface area contributed by atoms with Crippen LogP contribution in [0.3, 0.4) is 0 Å². The van der Waals surface area contributed by atoms with E-state index in [0.29, 0.717) is 12.3 Å². The van der Waals surface area contributed by atoms with Crippen LogP contribution in [-0.2, 0) is 6.54 Å². The lowest BCUT2D eigenvalue weighted by Crippen LogP contribution is -2.01. The minimum atomic E-state index is 0.293. The van der Waals surface area contributed by atoms with Crippen LogP contribution in [0, 0.1) is 0 Å². The number of anilines is 1. The summed E-state index contributed by atoms with van der Waals surface area (Å²) in [5.41, 5.74) is 2.61. The Hall–Kier alpha value is -2.62. The molecule has 3 rings (SSSR count). The van der Waals surface area contributed by atoms with Crippen LogP contribution in [0.25, 0.3) is 10.9 Å². The summed E-state index contributed by atoms with van der Waals surface area (Å²) in [4.78, 5) is 0. The molecule has 0 spiro atoms. The van der Waals surface area contributed by atoms with Gasteiger partial charge in [-0.2, -0.15) is 10.2 Å². The van der Waals surface area contributed by atoms with Crippen LogP contribution in [0.5, 0.6) is 5.75 Å². The van der Waals surface area contributed by atoms with E-state index in [-0.39, 0.29) is 0 Å². The third-order valence-electron chi connectivity index (χ3n) is 3.01. The number of fused-ring (bicyclic) bond motifs is 1. The van der Waals surface area contributed by atoms with Crippen molar-refractivity contribution in [2.24, 2.45) is 0 Å². The number of para-hydroxylation sites is 1. The van der Waals surface area contributed by atoms with Crippen molar-refractivity contribution in [3.05, 3.63) is 60.3 Å². The van der Waals surface area contributed by atoms with Crippen molar-refractivity contribution >= 4 is 16.6 Å². The fourth-order valence-corrected chi connectivity index (χ4v) is 2.00. The second-order valence-corrected chi connectivity index (χ2v) is 4.26. The van der Waals surface area contributed by atoms with E-state index in [1.165, 1.54) is 0 Å². The van der Waals surface area contributed by atoms with Gasteiger partial charge >= 0.3 is 0 Å². The van der Waals surface area contributed by atoms with Crippen molar-refractivity contribution in [1.29, 1.82) is 0 Å². The zero-order valence-corrected chi connectivity index (χ0v) is 10.2. The summed E-state index contributed by atoms with van der Waals surface area (Å²) in [5.74, 6) is 0.293. The molecule has 1 heterocycles. The van der Waals surface area contributed by atoms with Gasteiger partial charge in [0.15, 0.2) is 0 Å². The Bertz CT molecular complexity index is 707. The van der Waals surface area contributed by atoms with E-state index in [9.17, 15) is 5.11 Å². The molecule has 19 heavy (non-hydrogen) atoms. The molecule has 0 aliphatic rings. The third kappa shape index (κ3) is 2.33. The highest BCUT2D eigenvalue weighted by atomic mass is 16.3. The molecule has 4 nitrogen and oxygen atoms in total. The standard InChI is InChI=1S/C15H13N3O/c19-15-8-4-1-5-11(15)9-16-14-10-17-18-13-7-3-2-6-12(13)14/h1-8,10,19H,9H2,(H,16,18). The maximum Gasteiger partial charge on any atom is 0.120 e. The first kappa shape index (κ1) is 11.5. The topological polar surface area (TPSA) is 58.0 Å². The molecule has 0 amide bonds. The number of phenols is 1. The molecular formula is C15H13N3O. The number of nitrogens with zero attached hydrogens (tertiary/aromatic N) is 2. The highest BCUT2D eigenvalue weighted by molar-refractivity contribution is 5.90. The van der Waals surface area contributed by atoms with Gasteiger partial charge in [-0.05, 0) is 12.1 Å². The van der Waals surface area contributed by atoms with Crippen LogP contribution in [0.2, 0.25) is 0 Å². The number of nitrogens with one attached hydrogen (secondary N) is 1. The largest absolute Gasteiger partial charge is 0.508 e. The summed E-state index contributed by atoms with van der Waals surface area (Å²) in [7, 11) is 0. The first-order valence-electron chi connectivity index (χ1n) is 6.06. The minimum absolute atomic E-state index is 0.293. The Labute approximate surface area is 110 Å². The highest BCUT2D eigenvalue weighted by Crippen LogP contribution is 2.22. The van der Waals surface area contributed by atoms with Crippen molar-refractivity contribution in [3.63, 3.8) is 0 Å². The van der Waals surface area contributed by atoms with Crippen LogP contribution < -0.4 is 5.32 Å². The first-order valence-corrected chi connectivity index (χ1v) is 6.06. The van der Waals surface area contributed by atoms with Gasteiger partial charge in [0.05, 0.1) is 17.4 Å². The summed E-state index contributed by atoms with van der Waals surface area (Å²) in [5, 5.41) is 22.1. The maximum atomic E-state index is 9.73. The fraction of sp³-hybridized carbons (Fsp3) is 0.0667. The molecule has 0 atom stereocenters. The Balaban J connectivity index is 1.88. The van der Waals surface area contributed by atoms with E-state index in [1.807, 2.05) is 42.5 Å². The lowest BCUT2D eigenvalue weighted by molar-refractivity contribution is 0.469. The average Bonchev–Trinajstić information content (AvgIpc) is 2.46. The van der Waals surface area contributed by atoms with Crippen LogP contribution in [0.1, 0.15) is 5.56 Å². The molecule has 0 bridgehead atoms. The molecule has 0 saturated carbocycles. The predicted octanol–water partition coefficient (Wildman–Crippen LogP) is 2.95. The predicted molar refractivity (Wildman–Crippen MR) is 75.0 cm³/mol. The average molecular weight is 251 g/mol. The van der Waals surface area contributed by atoms with E-state index < -0.39 is 0 Å². The smallest absolute Gasteiger partial charge is 0.120 e. The number of benzene rings is 2. The molecule has 3 aromatic rings. The van der Waals surface area contributed by atoms with Crippen LogP contribution in [0.4, 0.5) is 5.69 Å². The molecule has 0 radical (unpaired) electrons. The quantitative estimate of drug-likeness (QED) is 0.751. The Morgan fingerprint density at radius 2 is 1.79 bits per heavy atom. The molecule has 0 aliphatic carbocycles. The van der Waals surface area contributed by atoms with Crippen molar-refractivity contribution in [1.82, 2.24) is 10.2 Å². The molecule has 94 valence electrons. The molecule has 2 N–H and O–H groups in total. The molecule has 0 aliphatic heterocycles. The lowest BCUT2D eigenvalue weighted by atomic mass is 10.2. The van der Waals surface area contributed by atoms with Gasteiger partial charge in [0.2, 0.25) is 0 Å². The van der Waals surface area contributed by atoms with Crippen molar-refractivity contribution < 1.29 is 5.11 Å². The molecule has 2 aromatic carbocycles. The zero-order chi connectivity index (χ0) is 13.1. The van der Waals surface area contributed by atoms with E-state index in [2.05, 4.69) is 15.5 Å². The van der Waals surface area contributed by atoms with E-state index in [0.717, 1.165) is 22.2 Å². The fourth-order valence-electron chi connectivity index (χ4n) is 2.00. The lowest BCUT2D eigenvalue weighted by Gasteiger charge is -2.09. The summed E-state index contributed by atoms with van der Waals surface area (Å²) in [6.45, 7) is 0.544. The monoisotopic (exact) mass is 251 g/mol. The van der Waals surface area contributed by atoms with Gasteiger partial charge in [-0.1, -0.05) is 36.4 Å². The Kier molecular flexibility index (Phi) is 2.98. The third-order valence-corrected chi connectivity index (χ3v) is 3.01. The Morgan fingerprint density at radius 3 is 2.68 bits per heavy atom. The van der Waals surface area contributed by atoms with Gasteiger partial charge in [-0.25, -0.2) is 0 Å². The minimum Gasteiger partial charge on any atom is -0.508 e. The second-order valence-electron chi connectivity index (χ2n) is 4.26. The molecule has 0 fully saturated rings. The number of aromatic hydroxyl groups is 1. The van der Waals surface area contributed by atoms with E-state index in [1.54, 1.807) is 12.3 Å².